The van der Waals surface area contributed by atoms with E-state index >= 15 is 0 Å². The van der Waals surface area contributed by atoms with Crippen LogP contribution < -0.4 is 21.3 Å². The van der Waals surface area contributed by atoms with Crippen LogP contribution in [0, 0.1) is 17.2 Å². The number of nitrogens with zero attached hydrogens (tertiary/aromatic N) is 2. The molecule has 2 saturated carbocycles. The van der Waals surface area contributed by atoms with E-state index in [0.717, 1.165) is 66.2 Å². The molecule has 1 heterocycles. The van der Waals surface area contributed by atoms with Crippen LogP contribution in [0.2, 0.25) is 0 Å². The van der Waals surface area contributed by atoms with Crippen LogP contribution in [0.4, 0.5) is 5.69 Å². The first-order chi connectivity index (χ1) is 18.5. The number of fused-ring (bicyclic) bond motifs is 1. The van der Waals surface area contributed by atoms with Gasteiger partial charge in [0.1, 0.15) is 11.7 Å². The molecule has 1 saturated heterocycles. The van der Waals surface area contributed by atoms with Gasteiger partial charge in [-0.3, -0.25) is 10.2 Å². The number of likely N-dealkylation sites (tertiary alicyclic amines) is 1. The monoisotopic (exact) mass is 513 g/mol. The highest BCUT2D eigenvalue weighted by Gasteiger charge is 2.29. The van der Waals surface area contributed by atoms with E-state index in [-0.39, 0.29) is 11.9 Å². The van der Waals surface area contributed by atoms with Crippen LogP contribution in [-0.2, 0) is 0 Å². The van der Waals surface area contributed by atoms with Gasteiger partial charge in [-0.05, 0) is 104 Å². The second-order valence-electron chi connectivity index (χ2n) is 10.6. The van der Waals surface area contributed by atoms with E-state index in [4.69, 9.17) is 5.41 Å². The second kappa shape index (κ2) is 11.8. The number of guanidine groups is 1. The zero-order valence-electron chi connectivity index (χ0n) is 22.3. The Hall–Kier alpha value is -3.65. The van der Waals surface area contributed by atoms with Crippen molar-refractivity contribution in [2.24, 2.45) is 16.8 Å². The second-order valence-corrected chi connectivity index (χ2v) is 10.6. The molecule has 1 amide bonds. The predicted molar refractivity (Wildman–Crippen MR) is 156 cm³/mol. The van der Waals surface area contributed by atoms with Gasteiger partial charge in [0.25, 0.3) is 5.91 Å². The van der Waals surface area contributed by atoms with E-state index in [2.05, 4.69) is 43.8 Å². The SMILES string of the molecule is C=C(/C=C(\NC)N/C(=N/C(=N)Nc1ccc2cc(C(=O)NCCN3CCCC3)ccc2c1)C1CC1)C1CC1. The van der Waals surface area contributed by atoms with Crippen LogP contribution in [0.5, 0.6) is 0 Å². The van der Waals surface area contributed by atoms with Crippen molar-refractivity contribution >= 4 is 34.2 Å². The quantitative estimate of drug-likeness (QED) is 0.184. The molecular formula is C30H39N7O. The molecule has 0 spiro atoms. The molecule has 3 fully saturated rings. The van der Waals surface area contributed by atoms with Gasteiger partial charge in [0, 0.05) is 37.3 Å². The lowest BCUT2D eigenvalue weighted by atomic mass is 10.1. The summed E-state index contributed by atoms with van der Waals surface area (Å²) in [5.41, 5.74) is 2.58. The number of anilines is 1. The van der Waals surface area contributed by atoms with E-state index in [1.54, 1.807) is 0 Å². The van der Waals surface area contributed by atoms with Crippen molar-refractivity contribution in [2.45, 2.75) is 38.5 Å². The van der Waals surface area contributed by atoms with E-state index in [9.17, 15) is 4.79 Å². The van der Waals surface area contributed by atoms with Gasteiger partial charge in [0.2, 0.25) is 5.96 Å². The number of amidine groups is 1. The zero-order valence-corrected chi connectivity index (χ0v) is 22.3. The number of allylic oxidation sites excluding steroid dienone is 2. The van der Waals surface area contributed by atoms with Gasteiger partial charge < -0.3 is 26.2 Å². The van der Waals surface area contributed by atoms with Crippen LogP contribution in [0.15, 0.2) is 65.4 Å². The van der Waals surface area contributed by atoms with E-state index in [1.807, 2.05) is 43.4 Å². The Bertz CT molecular complexity index is 1270. The molecule has 2 aromatic rings. The zero-order chi connectivity index (χ0) is 26.5. The Morgan fingerprint density at radius 1 is 1.08 bits per heavy atom. The molecular weight excluding hydrogens is 474 g/mol. The standard InChI is InChI=1S/C30H39N7O/c1-20(21-5-6-21)17-27(32-2)35-28(22-7-8-22)36-30(31)34-26-12-11-23-18-25(10-9-24(23)19-26)29(38)33-13-16-37-14-3-4-15-37/h9-12,17-19,21-22,32H,1,3-8,13-16H2,2H3,(H,33,38)(H3,31,34,35,36)/b27-17+. The van der Waals surface area contributed by atoms with Gasteiger partial charge in [-0.25, -0.2) is 0 Å². The molecule has 0 atom stereocenters. The van der Waals surface area contributed by atoms with Crippen molar-refractivity contribution < 1.29 is 4.79 Å². The smallest absolute Gasteiger partial charge is 0.251 e. The summed E-state index contributed by atoms with van der Waals surface area (Å²) in [5, 5.41) is 23.2. The molecule has 8 heteroatoms. The van der Waals surface area contributed by atoms with Crippen LogP contribution in [-0.4, -0.2) is 55.8 Å². The number of carbonyl (C=O) groups excluding carboxylic acids is 1. The van der Waals surface area contributed by atoms with Crippen molar-refractivity contribution in [1.29, 1.82) is 5.41 Å². The highest BCUT2D eigenvalue weighted by atomic mass is 16.1. The van der Waals surface area contributed by atoms with Crippen molar-refractivity contribution in [3.05, 3.63) is 66.0 Å². The fourth-order valence-electron chi connectivity index (χ4n) is 4.83. The number of hydrogen-bond donors (Lipinski definition) is 5. The lowest BCUT2D eigenvalue weighted by molar-refractivity contribution is 0.0950. The number of rotatable bonds is 10. The summed E-state index contributed by atoms with van der Waals surface area (Å²) in [7, 11) is 1.88. The van der Waals surface area contributed by atoms with Crippen LogP contribution >= 0.6 is 0 Å². The summed E-state index contributed by atoms with van der Waals surface area (Å²) >= 11 is 0. The maximum Gasteiger partial charge on any atom is 0.251 e. The molecule has 3 aliphatic rings. The molecule has 1 aliphatic heterocycles. The number of benzene rings is 2. The Kier molecular flexibility index (Phi) is 8.08. The van der Waals surface area contributed by atoms with Gasteiger partial charge in [-0.15, -0.1) is 0 Å². The molecule has 8 nitrogen and oxygen atoms in total. The molecule has 0 radical (unpaired) electrons. The lowest BCUT2D eigenvalue weighted by Gasteiger charge is -2.15. The fraction of sp³-hybridized carbons (Fsp3) is 0.433. The fourth-order valence-corrected chi connectivity index (χ4v) is 4.83. The highest BCUT2D eigenvalue weighted by molar-refractivity contribution is 6.04. The van der Waals surface area contributed by atoms with Crippen LogP contribution in [0.1, 0.15) is 48.9 Å². The first-order valence-electron chi connectivity index (χ1n) is 13.8. The summed E-state index contributed by atoms with van der Waals surface area (Å²) in [6, 6.07) is 11.6. The number of nitrogens with one attached hydrogen (secondary N) is 5. The van der Waals surface area contributed by atoms with Crippen LogP contribution in [0.3, 0.4) is 0 Å². The van der Waals surface area contributed by atoms with Gasteiger partial charge in [-0.2, -0.15) is 4.99 Å². The molecule has 0 aromatic heterocycles. The van der Waals surface area contributed by atoms with Gasteiger partial charge in [0.05, 0.1) is 0 Å². The Labute approximate surface area is 225 Å². The normalized spacial score (nSPS) is 18.3. The Morgan fingerprint density at radius 3 is 2.50 bits per heavy atom. The summed E-state index contributed by atoms with van der Waals surface area (Å²) in [6.07, 6.45) is 9.13. The number of carbonyl (C=O) groups is 1. The van der Waals surface area contributed by atoms with Crippen molar-refractivity contribution in [3.8, 4) is 0 Å². The van der Waals surface area contributed by atoms with E-state index in [0.29, 0.717) is 23.9 Å². The number of hydrogen-bond acceptors (Lipinski definition) is 4. The number of aliphatic imine (C=N–C) groups is 1. The molecule has 0 bridgehead atoms. The van der Waals surface area contributed by atoms with Crippen molar-refractivity contribution in [1.82, 2.24) is 20.9 Å². The molecule has 5 N–H and O–H groups in total. The largest absolute Gasteiger partial charge is 0.375 e. The minimum absolute atomic E-state index is 0.0415. The van der Waals surface area contributed by atoms with Crippen molar-refractivity contribution in [2.75, 3.05) is 38.5 Å². The summed E-state index contributed by atoms with van der Waals surface area (Å²) in [6.45, 7) is 8.02. The molecule has 2 aromatic carbocycles. The molecule has 5 rings (SSSR count). The molecule has 2 aliphatic carbocycles. The average Bonchev–Trinajstić information content (AvgIpc) is 3.85. The number of amides is 1. The Morgan fingerprint density at radius 2 is 1.79 bits per heavy atom. The third kappa shape index (κ3) is 7.01. The summed E-state index contributed by atoms with van der Waals surface area (Å²) in [5.74, 6) is 2.65. The first kappa shape index (κ1) is 26.0. The lowest BCUT2D eigenvalue weighted by Crippen LogP contribution is -2.33. The average molecular weight is 514 g/mol. The summed E-state index contributed by atoms with van der Waals surface area (Å²) in [4.78, 5) is 19.6. The van der Waals surface area contributed by atoms with Gasteiger partial charge >= 0.3 is 0 Å². The molecule has 38 heavy (non-hydrogen) atoms. The minimum Gasteiger partial charge on any atom is -0.375 e. The Balaban J connectivity index is 1.19. The minimum atomic E-state index is -0.0415. The van der Waals surface area contributed by atoms with E-state index in [1.165, 1.54) is 25.7 Å². The first-order valence-corrected chi connectivity index (χ1v) is 13.8. The van der Waals surface area contributed by atoms with E-state index < -0.39 is 0 Å². The maximum atomic E-state index is 12.6. The van der Waals surface area contributed by atoms with Crippen molar-refractivity contribution in [3.63, 3.8) is 0 Å². The molecule has 0 unspecified atom stereocenters. The topological polar surface area (TPSA) is 105 Å². The third-order valence-electron chi connectivity index (χ3n) is 7.44. The maximum absolute atomic E-state index is 12.6. The third-order valence-corrected chi connectivity index (χ3v) is 7.44. The predicted octanol–water partition coefficient (Wildman–Crippen LogP) is 4.44. The highest BCUT2D eigenvalue weighted by Crippen LogP contribution is 2.36. The van der Waals surface area contributed by atoms with Gasteiger partial charge in [-0.1, -0.05) is 18.7 Å². The van der Waals surface area contributed by atoms with Crippen LogP contribution in [0.25, 0.3) is 10.8 Å². The van der Waals surface area contributed by atoms with Gasteiger partial charge in [0.15, 0.2) is 0 Å². The molecule has 200 valence electrons. The summed E-state index contributed by atoms with van der Waals surface area (Å²) < 4.78 is 0.